The molecular formula is C22H29N3O3S. The Morgan fingerprint density at radius 1 is 0.931 bits per heavy atom. The largest absolute Gasteiger partial charge is 0.494 e. The van der Waals surface area contributed by atoms with Crippen LogP contribution < -0.4 is 25.4 Å². The van der Waals surface area contributed by atoms with Crippen LogP contribution in [-0.4, -0.2) is 31.1 Å². The van der Waals surface area contributed by atoms with Crippen LogP contribution in [0.3, 0.4) is 0 Å². The summed E-state index contributed by atoms with van der Waals surface area (Å²) in [5.74, 6) is 2.35. The summed E-state index contributed by atoms with van der Waals surface area (Å²) in [4.78, 5) is 0. The zero-order valence-corrected chi connectivity index (χ0v) is 17.6. The molecule has 2 aromatic rings. The highest BCUT2D eigenvalue weighted by atomic mass is 32.1. The van der Waals surface area contributed by atoms with Gasteiger partial charge in [-0.1, -0.05) is 38.3 Å². The van der Waals surface area contributed by atoms with Crippen LogP contribution >= 0.6 is 12.2 Å². The van der Waals surface area contributed by atoms with E-state index in [1.165, 1.54) is 19.3 Å². The molecule has 0 bridgehead atoms. The molecule has 2 rings (SSSR count). The summed E-state index contributed by atoms with van der Waals surface area (Å²) in [6.07, 6.45) is 6.40. The predicted molar refractivity (Wildman–Crippen MR) is 121 cm³/mol. The second kappa shape index (κ2) is 13.4. The van der Waals surface area contributed by atoms with Gasteiger partial charge in [0.1, 0.15) is 30.5 Å². The molecule has 3 N–H and O–H groups in total. The number of hydrazone groups is 1. The average molecular weight is 416 g/mol. The number of nitrogens with zero attached hydrogens (tertiary/aromatic N) is 1. The van der Waals surface area contributed by atoms with Crippen molar-refractivity contribution in [3.05, 3.63) is 54.1 Å². The van der Waals surface area contributed by atoms with Crippen LogP contribution in [0.5, 0.6) is 17.2 Å². The van der Waals surface area contributed by atoms with Gasteiger partial charge in [0, 0.05) is 5.56 Å². The lowest BCUT2D eigenvalue weighted by molar-refractivity contribution is 0.216. The van der Waals surface area contributed by atoms with E-state index in [9.17, 15) is 0 Å². The molecule has 0 aliphatic carbocycles. The molecule has 0 aliphatic heterocycles. The van der Waals surface area contributed by atoms with E-state index < -0.39 is 0 Å². The number of rotatable bonds is 13. The number of hydrogen-bond acceptors (Lipinski definition) is 5. The van der Waals surface area contributed by atoms with E-state index in [1.54, 1.807) is 6.21 Å². The molecular weight excluding hydrogens is 386 g/mol. The minimum absolute atomic E-state index is 0.112. The van der Waals surface area contributed by atoms with Crippen LogP contribution in [-0.2, 0) is 0 Å². The molecule has 0 atom stereocenters. The van der Waals surface area contributed by atoms with Crippen molar-refractivity contribution in [3.63, 3.8) is 0 Å². The quantitative estimate of drug-likeness (QED) is 0.220. The van der Waals surface area contributed by atoms with Crippen LogP contribution in [0, 0.1) is 0 Å². The molecule has 6 nitrogen and oxygen atoms in total. The lowest BCUT2D eigenvalue weighted by Gasteiger charge is -2.11. The smallest absolute Gasteiger partial charge is 0.184 e. The SMILES string of the molecule is CCCCCCOc1ccc(OCCOc2ccccc2C=NNC(N)=S)cc1. The summed E-state index contributed by atoms with van der Waals surface area (Å²) in [5.41, 5.74) is 8.69. The zero-order valence-electron chi connectivity index (χ0n) is 16.8. The Hall–Kier alpha value is -2.80. The second-order valence-corrected chi connectivity index (χ2v) is 6.79. The molecule has 0 saturated heterocycles. The first-order valence-electron chi connectivity index (χ1n) is 9.85. The molecule has 7 heteroatoms. The average Bonchev–Trinajstić information content (AvgIpc) is 2.73. The van der Waals surface area contributed by atoms with Gasteiger partial charge in [0.2, 0.25) is 0 Å². The fraction of sp³-hybridized carbons (Fsp3) is 0.364. The molecule has 29 heavy (non-hydrogen) atoms. The molecule has 2 aromatic carbocycles. The molecule has 0 radical (unpaired) electrons. The van der Waals surface area contributed by atoms with Crippen molar-refractivity contribution in [3.8, 4) is 17.2 Å². The number of para-hydroxylation sites is 1. The van der Waals surface area contributed by atoms with Crippen LogP contribution in [0.15, 0.2) is 53.6 Å². The van der Waals surface area contributed by atoms with E-state index in [1.807, 2.05) is 48.5 Å². The van der Waals surface area contributed by atoms with Gasteiger partial charge in [-0.3, -0.25) is 5.43 Å². The Balaban J connectivity index is 1.71. The second-order valence-electron chi connectivity index (χ2n) is 6.35. The van der Waals surface area contributed by atoms with E-state index in [4.69, 9.17) is 32.2 Å². The van der Waals surface area contributed by atoms with Gasteiger partial charge in [-0.25, -0.2) is 0 Å². The minimum atomic E-state index is 0.112. The van der Waals surface area contributed by atoms with Gasteiger partial charge in [-0.05, 0) is 55.0 Å². The van der Waals surface area contributed by atoms with Crippen molar-refractivity contribution in [2.45, 2.75) is 32.6 Å². The maximum Gasteiger partial charge on any atom is 0.184 e. The third kappa shape index (κ3) is 9.30. The summed E-state index contributed by atoms with van der Waals surface area (Å²) < 4.78 is 17.3. The number of nitrogens with one attached hydrogen (secondary N) is 1. The number of ether oxygens (including phenoxy) is 3. The summed E-state index contributed by atoms with van der Waals surface area (Å²) in [7, 11) is 0. The Morgan fingerprint density at radius 3 is 2.28 bits per heavy atom. The van der Waals surface area contributed by atoms with Gasteiger partial charge >= 0.3 is 0 Å². The molecule has 0 amide bonds. The Kier molecular flexibility index (Phi) is 10.4. The molecule has 0 saturated carbocycles. The number of nitrogens with two attached hydrogens (primary N) is 1. The lowest BCUT2D eigenvalue weighted by atomic mass is 10.2. The van der Waals surface area contributed by atoms with Crippen LogP contribution in [0.1, 0.15) is 38.2 Å². The maximum atomic E-state index is 5.79. The number of unbranched alkanes of at least 4 members (excludes halogenated alkanes) is 3. The summed E-state index contributed by atoms with van der Waals surface area (Å²) in [6.45, 7) is 3.79. The van der Waals surface area contributed by atoms with E-state index in [-0.39, 0.29) is 5.11 Å². The van der Waals surface area contributed by atoms with E-state index in [2.05, 4.69) is 17.5 Å². The standard InChI is InChI=1S/C22H29N3O3S/c1-2-3-4-7-14-26-19-10-12-20(13-11-19)27-15-16-28-21-9-6-5-8-18(21)17-24-25-22(23)29/h5-6,8-13,17H,2-4,7,14-16H2,1H3,(H3,23,25,29). The first-order chi connectivity index (χ1) is 14.2. The van der Waals surface area contributed by atoms with Gasteiger partial charge in [-0.15, -0.1) is 0 Å². The molecule has 0 aliphatic rings. The highest BCUT2D eigenvalue weighted by molar-refractivity contribution is 7.80. The van der Waals surface area contributed by atoms with Crippen molar-refractivity contribution in [2.75, 3.05) is 19.8 Å². The molecule has 0 aromatic heterocycles. The summed E-state index contributed by atoms with van der Waals surface area (Å²) in [6, 6.07) is 15.2. The molecule has 0 unspecified atom stereocenters. The van der Waals surface area contributed by atoms with Crippen molar-refractivity contribution in [1.29, 1.82) is 0 Å². The van der Waals surface area contributed by atoms with Crippen LogP contribution in [0.25, 0.3) is 0 Å². The van der Waals surface area contributed by atoms with E-state index in [0.717, 1.165) is 30.1 Å². The zero-order chi connectivity index (χ0) is 20.7. The predicted octanol–water partition coefficient (Wildman–Crippen LogP) is 4.27. The Labute approximate surface area is 178 Å². The van der Waals surface area contributed by atoms with Crippen LogP contribution in [0.2, 0.25) is 0 Å². The fourth-order valence-electron chi connectivity index (χ4n) is 2.55. The maximum absolute atomic E-state index is 5.79. The lowest BCUT2D eigenvalue weighted by Crippen LogP contribution is -2.24. The van der Waals surface area contributed by atoms with E-state index in [0.29, 0.717) is 19.0 Å². The van der Waals surface area contributed by atoms with Gasteiger partial charge in [-0.2, -0.15) is 5.10 Å². The third-order valence-corrected chi connectivity index (χ3v) is 4.09. The van der Waals surface area contributed by atoms with Crippen molar-refractivity contribution in [2.24, 2.45) is 10.8 Å². The Morgan fingerprint density at radius 2 is 1.59 bits per heavy atom. The number of thiocarbonyl (C=S) groups is 1. The highest BCUT2D eigenvalue weighted by Crippen LogP contribution is 2.19. The molecule has 0 fully saturated rings. The van der Waals surface area contributed by atoms with Gasteiger partial charge < -0.3 is 19.9 Å². The molecule has 0 spiro atoms. The van der Waals surface area contributed by atoms with E-state index >= 15 is 0 Å². The van der Waals surface area contributed by atoms with Crippen molar-refractivity contribution < 1.29 is 14.2 Å². The number of hydrogen-bond donors (Lipinski definition) is 2. The van der Waals surface area contributed by atoms with Gasteiger partial charge in [0.15, 0.2) is 5.11 Å². The first-order valence-corrected chi connectivity index (χ1v) is 10.3. The van der Waals surface area contributed by atoms with Crippen molar-refractivity contribution in [1.82, 2.24) is 5.43 Å². The third-order valence-electron chi connectivity index (χ3n) is 4.00. The molecule has 156 valence electrons. The number of benzene rings is 2. The minimum Gasteiger partial charge on any atom is -0.494 e. The first kappa shape index (κ1) is 22.5. The monoisotopic (exact) mass is 415 g/mol. The van der Waals surface area contributed by atoms with Gasteiger partial charge in [0.25, 0.3) is 0 Å². The molecule has 0 heterocycles. The van der Waals surface area contributed by atoms with Gasteiger partial charge in [0.05, 0.1) is 12.8 Å². The summed E-state index contributed by atoms with van der Waals surface area (Å²) >= 11 is 4.72. The normalized spacial score (nSPS) is 10.7. The highest BCUT2D eigenvalue weighted by Gasteiger charge is 2.02. The van der Waals surface area contributed by atoms with Crippen molar-refractivity contribution >= 4 is 23.5 Å². The fourth-order valence-corrected chi connectivity index (χ4v) is 2.60. The summed E-state index contributed by atoms with van der Waals surface area (Å²) in [5, 5.41) is 4.07. The topological polar surface area (TPSA) is 78.1 Å². The van der Waals surface area contributed by atoms with Crippen LogP contribution in [0.4, 0.5) is 0 Å². The Bertz CT molecular complexity index is 766.